The van der Waals surface area contributed by atoms with Gasteiger partial charge in [0.25, 0.3) is 0 Å². The van der Waals surface area contributed by atoms with Gasteiger partial charge < -0.3 is 5.32 Å². The summed E-state index contributed by atoms with van der Waals surface area (Å²) in [5, 5.41) is 1.38. The van der Waals surface area contributed by atoms with E-state index in [1.807, 2.05) is 4.90 Å². The summed E-state index contributed by atoms with van der Waals surface area (Å²) in [6.07, 6.45) is 2.30. The molecule has 1 fully saturated rings. The van der Waals surface area contributed by atoms with Crippen LogP contribution in [0.25, 0.3) is 0 Å². The van der Waals surface area contributed by atoms with Crippen molar-refractivity contribution in [3.63, 3.8) is 0 Å². The number of carbonyl (C=O) groups is 1. The van der Waals surface area contributed by atoms with E-state index in [-0.39, 0.29) is 6.03 Å². The summed E-state index contributed by atoms with van der Waals surface area (Å²) in [5.74, 6) is 0. The number of carbonyl (C=O) groups excluding carboxylic acids is 1. The normalized spacial score (nSPS) is 18.6. The van der Waals surface area contributed by atoms with Crippen LogP contribution in [0.15, 0.2) is 0 Å². The number of quaternary nitrogens is 1. The summed E-state index contributed by atoms with van der Waals surface area (Å²) >= 11 is 0. The lowest BCUT2D eigenvalue weighted by atomic mass is 10.4. The molecule has 0 bridgehead atoms. The topological polar surface area (TPSA) is 36.9 Å². The Morgan fingerprint density at radius 3 is 2.44 bits per heavy atom. The number of hydrogen-bond donors (Lipinski definition) is 1. The fourth-order valence-corrected chi connectivity index (χ4v) is 1.07. The van der Waals surface area contributed by atoms with Crippen molar-refractivity contribution in [3.05, 3.63) is 7.05 Å². The second-order valence-corrected chi connectivity index (χ2v) is 2.24. The molecule has 0 radical (unpaired) electrons. The fraction of sp³-hybridized carbons (Fsp3) is 0.667. The molecule has 9 heavy (non-hydrogen) atoms. The van der Waals surface area contributed by atoms with Gasteiger partial charge in [-0.15, -0.1) is 7.05 Å². The minimum Gasteiger partial charge on any atom is -0.395 e. The SMILES string of the molecule is [CH2-][NH2+]C(=O)N1CCCC1. The van der Waals surface area contributed by atoms with Gasteiger partial charge in [0, 0.05) is 13.1 Å². The van der Waals surface area contributed by atoms with Gasteiger partial charge in [0.2, 0.25) is 0 Å². The van der Waals surface area contributed by atoms with Crippen LogP contribution in [0, 0.1) is 7.05 Å². The number of amides is 2. The molecule has 0 spiro atoms. The number of rotatable bonds is 0. The van der Waals surface area contributed by atoms with Crippen molar-refractivity contribution in [1.29, 1.82) is 0 Å². The molecule has 1 saturated heterocycles. The maximum atomic E-state index is 10.8. The van der Waals surface area contributed by atoms with Crippen LogP contribution in [0.4, 0.5) is 4.79 Å². The first-order chi connectivity index (χ1) is 4.34. The summed E-state index contributed by atoms with van der Waals surface area (Å²) in [6, 6.07) is 0.0764. The van der Waals surface area contributed by atoms with Crippen molar-refractivity contribution >= 4 is 6.03 Å². The van der Waals surface area contributed by atoms with Crippen molar-refractivity contribution < 1.29 is 10.1 Å². The molecular weight excluding hydrogens is 116 g/mol. The Hall–Kier alpha value is -0.570. The van der Waals surface area contributed by atoms with Gasteiger partial charge >= 0.3 is 6.03 Å². The van der Waals surface area contributed by atoms with Crippen molar-refractivity contribution in [2.24, 2.45) is 0 Å². The number of primary amides is 1. The average Bonchev–Trinajstić information content (AvgIpc) is 2.37. The highest BCUT2D eigenvalue weighted by Crippen LogP contribution is 2.04. The van der Waals surface area contributed by atoms with Crippen LogP contribution in [0.3, 0.4) is 0 Å². The molecule has 0 aliphatic carbocycles. The van der Waals surface area contributed by atoms with E-state index < -0.39 is 0 Å². The van der Waals surface area contributed by atoms with E-state index in [9.17, 15) is 4.79 Å². The minimum absolute atomic E-state index is 0.0764. The molecule has 0 saturated carbocycles. The molecular formula is C6H12N2O. The monoisotopic (exact) mass is 128 g/mol. The van der Waals surface area contributed by atoms with Crippen LogP contribution in [0.5, 0.6) is 0 Å². The molecule has 0 aromatic rings. The molecule has 52 valence electrons. The van der Waals surface area contributed by atoms with Crippen molar-refractivity contribution in [2.45, 2.75) is 12.8 Å². The molecule has 1 heterocycles. The lowest BCUT2D eigenvalue weighted by Crippen LogP contribution is -2.84. The van der Waals surface area contributed by atoms with Crippen LogP contribution >= 0.6 is 0 Å². The molecule has 1 aliphatic heterocycles. The number of urea groups is 1. The molecule has 3 nitrogen and oxygen atoms in total. The summed E-state index contributed by atoms with van der Waals surface area (Å²) in [4.78, 5) is 12.6. The molecule has 2 amide bonds. The van der Waals surface area contributed by atoms with E-state index in [2.05, 4.69) is 7.05 Å². The highest BCUT2D eigenvalue weighted by molar-refractivity contribution is 5.63. The standard InChI is InChI=1S/C6H12N2O/c1-7-6(9)8-4-2-3-5-8/h1-5,7H2. The Labute approximate surface area is 55.0 Å². The molecule has 2 N–H and O–H groups in total. The molecule has 1 aliphatic rings. The van der Waals surface area contributed by atoms with Gasteiger partial charge in [0.05, 0.1) is 0 Å². The Kier molecular flexibility index (Phi) is 2.05. The molecule has 3 heteroatoms. The van der Waals surface area contributed by atoms with Crippen LogP contribution in [0.1, 0.15) is 12.8 Å². The van der Waals surface area contributed by atoms with Gasteiger partial charge in [-0.05, 0) is 12.8 Å². The molecule has 0 aromatic heterocycles. The third kappa shape index (κ3) is 1.42. The summed E-state index contributed by atoms with van der Waals surface area (Å²) in [5.41, 5.74) is 0. The van der Waals surface area contributed by atoms with Gasteiger partial charge in [-0.25, -0.2) is 4.79 Å². The van der Waals surface area contributed by atoms with Crippen molar-refractivity contribution in [2.75, 3.05) is 13.1 Å². The van der Waals surface area contributed by atoms with Gasteiger partial charge in [-0.3, -0.25) is 4.90 Å². The summed E-state index contributed by atoms with van der Waals surface area (Å²) < 4.78 is 0. The zero-order chi connectivity index (χ0) is 6.69. The second-order valence-electron chi connectivity index (χ2n) is 2.24. The highest BCUT2D eigenvalue weighted by Gasteiger charge is 2.17. The minimum atomic E-state index is 0.0764. The number of nitrogens with two attached hydrogens (primary N) is 1. The van der Waals surface area contributed by atoms with Crippen LogP contribution in [-0.4, -0.2) is 24.0 Å². The zero-order valence-corrected chi connectivity index (χ0v) is 5.47. The highest BCUT2D eigenvalue weighted by atomic mass is 16.2. The van der Waals surface area contributed by atoms with Crippen molar-refractivity contribution in [1.82, 2.24) is 4.90 Å². The van der Waals surface area contributed by atoms with E-state index >= 15 is 0 Å². The first-order valence-corrected chi connectivity index (χ1v) is 3.26. The van der Waals surface area contributed by atoms with Gasteiger partial charge in [0.15, 0.2) is 0 Å². The first kappa shape index (κ1) is 6.55. The molecule has 0 atom stereocenters. The van der Waals surface area contributed by atoms with E-state index in [1.54, 1.807) is 0 Å². The third-order valence-corrected chi connectivity index (χ3v) is 1.59. The predicted octanol–water partition coefficient (Wildman–Crippen LogP) is -0.443. The zero-order valence-electron chi connectivity index (χ0n) is 5.47. The van der Waals surface area contributed by atoms with Crippen LogP contribution in [-0.2, 0) is 0 Å². The Balaban J connectivity index is 2.32. The second kappa shape index (κ2) is 2.82. The van der Waals surface area contributed by atoms with E-state index in [0.717, 1.165) is 25.9 Å². The summed E-state index contributed by atoms with van der Waals surface area (Å²) in [7, 11) is 3.41. The lowest BCUT2D eigenvalue weighted by molar-refractivity contribution is -0.497. The fourth-order valence-electron chi connectivity index (χ4n) is 1.07. The maximum Gasteiger partial charge on any atom is 0.389 e. The lowest BCUT2D eigenvalue weighted by Gasteiger charge is -2.11. The van der Waals surface area contributed by atoms with Gasteiger partial charge in [0.1, 0.15) is 0 Å². The van der Waals surface area contributed by atoms with E-state index in [1.165, 1.54) is 5.32 Å². The number of likely N-dealkylation sites (tertiary alicyclic amines) is 1. The maximum absolute atomic E-state index is 10.8. The average molecular weight is 128 g/mol. The molecule has 1 rings (SSSR count). The molecule has 0 unspecified atom stereocenters. The van der Waals surface area contributed by atoms with Gasteiger partial charge in [-0.2, -0.15) is 0 Å². The molecule has 0 aromatic carbocycles. The van der Waals surface area contributed by atoms with E-state index in [4.69, 9.17) is 0 Å². The Morgan fingerprint density at radius 2 is 2.00 bits per heavy atom. The van der Waals surface area contributed by atoms with E-state index in [0.29, 0.717) is 0 Å². The first-order valence-electron chi connectivity index (χ1n) is 3.26. The number of hydrogen-bond acceptors (Lipinski definition) is 1. The van der Waals surface area contributed by atoms with Crippen LogP contribution in [0.2, 0.25) is 0 Å². The van der Waals surface area contributed by atoms with Gasteiger partial charge in [-0.1, -0.05) is 0 Å². The third-order valence-electron chi connectivity index (χ3n) is 1.59. The summed E-state index contributed by atoms with van der Waals surface area (Å²) in [6.45, 7) is 1.84. The largest absolute Gasteiger partial charge is 0.395 e. The predicted molar refractivity (Wildman–Crippen MR) is 33.5 cm³/mol. The van der Waals surface area contributed by atoms with Crippen molar-refractivity contribution in [3.8, 4) is 0 Å². The van der Waals surface area contributed by atoms with Crippen LogP contribution < -0.4 is 5.32 Å². The smallest absolute Gasteiger partial charge is 0.389 e. The quantitative estimate of drug-likeness (QED) is 0.441. The number of nitrogens with zero attached hydrogens (tertiary/aromatic N) is 1. The Morgan fingerprint density at radius 1 is 1.44 bits per heavy atom. The Bertz CT molecular complexity index is 108.